The number of benzene rings is 1. The first kappa shape index (κ1) is 12.7. The number of anilines is 1. The third-order valence-electron chi connectivity index (χ3n) is 4.20. The summed E-state index contributed by atoms with van der Waals surface area (Å²) in [5.41, 5.74) is 8.41. The number of nitrogen functional groups attached to an aromatic ring is 1. The van der Waals surface area contributed by atoms with Gasteiger partial charge in [0.05, 0.1) is 11.6 Å². The lowest BCUT2D eigenvalue weighted by Gasteiger charge is -2.08. The Morgan fingerprint density at radius 3 is 2.70 bits per heavy atom. The zero-order valence-corrected chi connectivity index (χ0v) is 11.6. The molecule has 0 aliphatic heterocycles. The maximum atomic E-state index is 9.23. The zero-order chi connectivity index (χ0) is 14.1. The number of rotatable bonds is 2. The van der Waals surface area contributed by atoms with Crippen LogP contribution in [-0.2, 0) is 7.05 Å². The lowest BCUT2D eigenvalue weighted by atomic mass is 10.1. The molecule has 0 radical (unpaired) electrons. The molecule has 2 N–H and O–H groups in total. The van der Waals surface area contributed by atoms with E-state index in [1.54, 1.807) is 6.07 Å². The molecule has 2 aromatic rings. The molecule has 1 fully saturated rings. The number of nitrogens with zero attached hydrogens (tertiary/aromatic N) is 3. The monoisotopic (exact) mass is 266 g/mol. The first-order chi connectivity index (χ1) is 9.72. The van der Waals surface area contributed by atoms with E-state index in [-0.39, 0.29) is 0 Å². The lowest BCUT2D eigenvalue weighted by Crippen LogP contribution is -2.05. The molecule has 0 unspecified atom stereocenters. The number of hydrogen-bond donors (Lipinski definition) is 1. The quantitative estimate of drug-likeness (QED) is 0.907. The Labute approximate surface area is 118 Å². The number of aromatic nitrogens is 2. The summed E-state index contributed by atoms with van der Waals surface area (Å²) in [4.78, 5) is 4.76. The summed E-state index contributed by atoms with van der Waals surface area (Å²) in [6.07, 6.45) is 4.90. The van der Waals surface area contributed by atoms with E-state index in [1.807, 2.05) is 29.8 Å². The minimum absolute atomic E-state index is 0.505. The van der Waals surface area contributed by atoms with Gasteiger partial charge in [0.15, 0.2) is 0 Å². The smallest absolute Gasteiger partial charge is 0.131 e. The highest BCUT2D eigenvalue weighted by Gasteiger charge is 2.25. The SMILES string of the molecule is Cn1c(C2CCCC2)nc(-c2ccccc2C#N)c1N. The van der Waals surface area contributed by atoms with Crippen LogP contribution in [0, 0.1) is 11.3 Å². The van der Waals surface area contributed by atoms with Gasteiger partial charge in [-0.3, -0.25) is 0 Å². The molecule has 3 rings (SSSR count). The number of nitrogens with two attached hydrogens (primary N) is 1. The Hall–Kier alpha value is -2.28. The first-order valence-electron chi connectivity index (χ1n) is 7.04. The Bertz CT molecular complexity index is 672. The van der Waals surface area contributed by atoms with E-state index in [1.165, 1.54) is 25.7 Å². The molecule has 4 heteroatoms. The molecule has 1 aliphatic carbocycles. The Balaban J connectivity index is 2.11. The van der Waals surface area contributed by atoms with Crippen LogP contribution in [0.5, 0.6) is 0 Å². The van der Waals surface area contributed by atoms with Crippen LogP contribution >= 0.6 is 0 Å². The highest BCUT2D eigenvalue weighted by molar-refractivity contribution is 5.76. The summed E-state index contributed by atoms with van der Waals surface area (Å²) in [6, 6.07) is 9.71. The van der Waals surface area contributed by atoms with Crippen LogP contribution < -0.4 is 5.73 Å². The van der Waals surface area contributed by atoms with Crippen LogP contribution in [0.15, 0.2) is 24.3 Å². The van der Waals surface area contributed by atoms with Gasteiger partial charge in [-0.05, 0) is 18.9 Å². The molecule has 0 amide bonds. The van der Waals surface area contributed by atoms with Gasteiger partial charge in [0.1, 0.15) is 17.3 Å². The van der Waals surface area contributed by atoms with Crippen molar-refractivity contribution in [3.8, 4) is 17.3 Å². The second-order valence-electron chi connectivity index (χ2n) is 5.40. The summed E-state index contributed by atoms with van der Waals surface area (Å²) in [6.45, 7) is 0. The maximum Gasteiger partial charge on any atom is 0.131 e. The molecule has 1 aromatic carbocycles. The standard InChI is InChI=1S/C16H18N4/c1-20-15(18)14(13-9-5-4-8-12(13)10-17)19-16(20)11-6-2-3-7-11/h4-5,8-9,11H,2-3,6-7,18H2,1H3. The minimum atomic E-state index is 0.505. The van der Waals surface area contributed by atoms with Crippen LogP contribution in [0.1, 0.15) is 43.0 Å². The average Bonchev–Trinajstić information content (AvgIpc) is 3.09. The molecule has 1 aliphatic rings. The number of hydrogen-bond acceptors (Lipinski definition) is 3. The predicted octanol–water partition coefficient (Wildman–Crippen LogP) is 3.20. The molecule has 1 heterocycles. The highest BCUT2D eigenvalue weighted by Crippen LogP contribution is 2.37. The van der Waals surface area contributed by atoms with Gasteiger partial charge < -0.3 is 10.3 Å². The fourth-order valence-electron chi connectivity index (χ4n) is 3.06. The van der Waals surface area contributed by atoms with E-state index in [0.717, 1.165) is 17.1 Å². The summed E-state index contributed by atoms with van der Waals surface area (Å²) in [5.74, 6) is 2.21. The Morgan fingerprint density at radius 1 is 1.30 bits per heavy atom. The van der Waals surface area contributed by atoms with Crippen molar-refractivity contribution < 1.29 is 0 Å². The lowest BCUT2D eigenvalue weighted by molar-refractivity contribution is 0.635. The molecule has 0 saturated heterocycles. The maximum absolute atomic E-state index is 9.23. The summed E-state index contributed by atoms with van der Waals surface area (Å²) in [5, 5.41) is 9.23. The summed E-state index contributed by atoms with van der Waals surface area (Å²) in [7, 11) is 1.97. The van der Waals surface area contributed by atoms with E-state index in [2.05, 4.69) is 6.07 Å². The molecule has 4 nitrogen and oxygen atoms in total. The van der Waals surface area contributed by atoms with E-state index in [9.17, 15) is 5.26 Å². The summed E-state index contributed by atoms with van der Waals surface area (Å²) >= 11 is 0. The topological polar surface area (TPSA) is 67.6 Å². The molecule has 0 bridgehead atoms. The average molecular weight is 266 g/mol. The Morgan fingerprint density at radius 2 is 2.00 bits per heavy atom. The van der Waals surface area contributed by atoms with Gasteiger partial charge in [0.25, 0.3) is 0 Å². The third kappa shape index (κ3) is 1.96. The molecule has 1 aromatic heterocycles. The van der Waals surface area contributed by atoms with Crippen molar-refractivity contribution in [1.29, 1.82) is 5.26 Å². The van der Waals surface area contributed by atoms with Crippen LogP contribution in [0.2, 0.25) is 0 Å². The van der Waals surface area contributed by atoms with Crippen molar-refractivity contribution in [2.75, 3.05) is 5.73 Å². The largest absolute Gasteiger partial charge is 0.383 e. The van der Waals surface area contributed by atoms with E-state index < -0.39 is 0 Å². The molecule has 20 heavy (non-hydrogen) atoms. The zero-order valence-electron chi connectivity index (χ0n) is 11.6. The van der Waals surface area contributed by atoms with E-state index >= 15 is 0 Å². The summed E-state index contributed by atoms with van der Waals surface area (Å²) < 4.78 is 1.99. The second-order valence-corrected chi connectivity index (χ2v) is 5.40. The van der Waals surface area contributed by atoms with Crippen molar-refractivity contribution in [3.05, 3.63) is 35.7 Å². The van der Waals surface area contributed by atoms with E-state index in [4.69, 9.17) is 10.7 Å². The van der Waals surface area contributed by atoms with Crippen molar-refractivity contribution >= 4 is 5.82 Å². The number of imidazole rings is 1. The molecule has 0 atom stereocenters. The van der Waals surface area contributed by atoms with Gasteiger partial charge in [-0.15, -0.1) is 0 Å². The number of nitriles is 1. The van der Waals surface area contributed by atoms with Crippen molar-refractivity contribution in [2.45, 2.75) is 31.6 Å². The van der Waals surface area contributed by atoms with Gasteiger partial charge in [0.2, 0.25) is 0 Å². The predicted molar refractivity (Wildman–Crippen MR) is 79.0 cm³/mol. The van der Waals surface area contributed by atoms with Crippen molar-refractivity contribution in [2.24, 2.45) is 7.05 Å². The van der Waals surface area contributed by atoms with E-state index in [0.29, 0.717) is 17.3 Å². The van der Waals surface area contributed by atoms with Crippen LogP contribution in [0.4, 0.5) is 5.82 Å². The third-order valence-corrected chi connectivity index (χ3v) is 4.20. The van der Waals surface area contributed by atoms with Gasteiger partial charge in [-0.1, -0.05) is 31.0 Å². The normalized spacial score (nSPS) is 15.4. The fourth-order valence-corrected chi connectivity index (χ4v) is 3.06. The van der Waals surface area contributed by atoms with Crippen molar-refractivity contribution in [1.82, 2.24) is 9.55 Å². The van der Waals surface area contributed by atoms with Gasteiger partial charge in [-0.25, -0.2) is 4.98 Å². The molecule has 102 valence electrons. The fraction of sp³-hybridized carbons (Fsp3) is 0.375. The molecular formula is C16H18N4. The van der Waals surface area contributed by atoms with Gasteiger partial charge >= 0.3 is 0 Å². The highest BCUT2D eigenvalue weighted by atomic mass is 15.1. The molecular weight excluding hydrogens is 248 g/mol. The van der Waals surface area contributed by atoms with Gasteiger partial charge in [-0.2, -0.15) is 5.26 Å². The van der Waals surface area contributed by atoms with Gasteiger partial charge in [0, 0.05) is 18.5 Å². The van der Waals surface area contributed by atoms with Crippen LogP contribution in [-0.4, -0.2) is 9.55 Å². The second kappa shape index (κ2) is 5.01. The first-order valence-corrected chi connectivity index (χ1v) is 7.04. The molecule has 0 spiro atoms. The minimum Gasteiger partial charge on any atom is -0.383 e. The van der Waals surface area contributed by atoms with Crippen molar-refractivity contribution in [3.63, 3.8) is 0 Å². The Kier molecular flexibility index (Phi) is 3.19. The van der Waals surface area contributed by atoms with Crippen LogP contribution in [0.25, 0.3) is 11.3 Å². The molecule has 1 saturated carbocycles. The van der Waals surface area contributed by atoms with Crippen LogP contribution in [0.3, 0.4) is 0 Å².